The molecule has 0 aromatic heterocycles. The van der Waals surface area contributed by atoms with E-state index in [4.69, 9.17) is 0 Å². The highest BCUT2D eigenvalue weighted by Gasteiger charge is 2.06. The van der Waals surface area contributed by atoms with Gasteiger partial charge in [0.15, 0.2) is 0 Å². The zero-order valence-electron chi connectivity index (χ0n) is 10.8. The van der Waals surface area contributed by atoms with Crippen LogP contribution in [-0.2, 0) is 0 Å². The van der Waals surface area contributed by atoms with Crippen LogP contribution in [0.15, 0.2) is 23.2 Å². The molecule has 0 radical (unpaired) electrons. The van der Waals surface area contributed by atoms with Crippen LogP contribution in [0, 0.1) is 6.92 Å². The van der Waals surface area contributed by atoms with E-state index in [0.717, 1.165) is 5.69 Å². The number of benzene rings is 1. The van der Waals surface area contributed by atoms with Gasteiger partial charge in [-0.1, -0.05) is 45.9 Å². The minimum Gasteiger partial charge on any atom is -0.261 e. The van der Waals surface area contributed by atoms with Crippen molar-refractivity contribution >= 4 is 11.9 Å². The molecule has 1 aromatic carbocycles. The second kappa shape index (κ2) is 7.22. The lowest BCUT2D eigenvalue weighted by Gasteiger charge is -2.10. The van der Waals surface area contributed by atoms with Crippen LogP contribution in [0.4, 0.5) is 5.69 Å². The summed E-state index contributed by atoms with van der Waals surface area (Å²) in [6.45, 7) is 12.5. The predicted molar refractivity (Wildman–Crippen MR) is 70.4 cm³/mol. The van der Waals surface area contributed by atoms with Crippen molar-refractivity contribution in [1.82, 2.24) is 0 Å². The van der Waals surface area contributed by atoms with Gasteiger partial charge in [-0.05, 0) is 30.9 Å². The van der Waals surface area contributed by atoms with Gasteiger partial charge in [0.2, 0.25) is 0 Å². The van der Waals surface area contributed by atoms with Gasteiger partial charge in [0.25, 0.3) is 0 Å². The van der Waals surface area contributed by atoms with E-state index in [9.17, 15) is 0 Å². The fraction of sp³-hybridized carbons (Fsp3) is 0.500. The van der Waals surface area contributed by atoms with Gasteiger partial charge in [-0.2, -0.15) is 0 Å². The standard InChI is InChI=1S/C12H17N.C2H6/c1-5-13-12-10(4)7-6-8-11(12)9(2)3;1-2/h5-9H,1-4H3;1-2H3. The van der Waals surface area contributed by atoms with Gasteiger partial charge >= 0.3 is 0 Å². The zero-order chi connectivity index (χ0) is 11.8. The Bertz CT molecular complexity index is 311. The molecule has 0 saturated carbocycles. The van der Waals surface area contributed by atoms with E-state index in [-0.39, 0.29) is 0 Å². The average molecular weight is 205 g/mol. The minimum absolute atomic E-state index is 0.540. The number of para-hydroxylation sites is 1. The molecule has 15 heavy (non-hydrogen) atoms. The fourth-order valence-corrected chi connectivity index (χ4v) is 1.45. The molecule has 1 heteroatoms. The maximum atomic E-state index is 4.40. The van der Waals surface area contributed by atoms with Crippen LogP contribution < -0.4 is 0 Å². The number of aliphatic imine (C=N–C) groups is 1. The van der Waals surface area contributed by atoms with Gasteiger partial charge in [-0.15, -0.1) is 0 Å². The van der Waals surface area contributed by atoms with Gasteiger partial charge in [-0.3, -0.25) is 4.99 Å². The van der Waals surface area contributed by atoms with Crippen molar-refractivity contribution < 1.29 is 0 Å². The lowest BCUT2D eigenvalue weighted by molar-refractivity contribution is 0.865. The molecule has 0 heterocycles. The van der Waals surface area contributed by atoms with Gasteiger partial charge < -0.3 is 0 Å². The van der Waals surface area contributed by atoms with E-state index >= 15 is 0 Å². The number of hydrogen-bond donors (Lipinski definition) is 0. The molecule has 0 aliphatic heterocycles. The summed E-state index contributed by atoms with van der Waals surface area (Å²) in [6.07, 6.45) is 1.86. The molecule has 1 nitrogen and oxygen atoms in total. The van der Waals surface area contributed by atoms with Gasteiger partial charge in [0.1, 0.15) is 0 Å². The molecule has 0 saturated heterocycles. The van der Waals surface area contributed by atoms with E-state index in [1.54, 1.807) is 0 Å². The molecule has 0 N–H and O–H groups in total. The summed E-state index contributed by atoms with van der Waals surface area (Å²) in [4.78, 5) is 4.40. The van der Waals surface area contributed by atoms with Crippen LogP contribution in [-0.4, -0.2) is 6.21 Å². The van der Waals surface area contributed by atoms with Crippen LogP contribution >= 0.6 is 0 Å². The lowest BCUT2D eigenvalue weighted by atomic mass is 9.98. The van der Waals surface area contributed by atoms with Crippen LogP contribution in [0.1, 0.15) is 51.7 Å². The summed E-state index contributed by atoms with van der Waals surface area (Å²) in [7, 11) is 0. The topological polar surface area (TPSA) is 12.4 Å². The first-order chi connectivity index (χ1) is 7.16. The normalized spacial score (nSPS) is 10.3. The third-order valence-corrected chi connectivity index (χ3v) is 2.15. The molecule has 0 aliphatic carbocycles. The third kappa shape index (κ3) is 3.86. The smallest absolute Gasteiger partial charge is 0.0689 e. The molecule has 1 rings (SSSR count). The van der Waals surface area contributed by atoms with E-state index in [0.29, 0.717) is 5.92 Å². The summed E-state index contributed by atoms with van der Waals surface area (Å²) >= 11 is 0. The van der Waals surface area contributed by atoms with Crippen molar-refractivity contribution in [3.05, 3.63) is 29.3 Å². The summed E-state index contributed by atoms with van der Waals surface area (Å²) in [5.41, 5.74) is 3.72. The Hall–Kier alpha value is -1.11. The number of aryl methyl sites for hydroxylation is 1. The number of rotatable bonds is 2. The Kier molecular flexibility index (Phi) is 6.68. The Morgan fingerprint density at radius 3 is 2.27 bits per heavy atom. The van der Waals surface area contributed by atoms with Gasteiger partial charge in [-0.25, -0.2) is 0 Å². The Morgan fingerprint density at radius 1 is 1.20 bits per heavy atom. The maximum Gasteiger partial charge on any atom is 0.0689 e. The Morgan fingerprint density at radius 2 is 1.80 bits per heavy atom. The van der Waals surface area contributed by atoms with Gasteiger partial charge in [0, 0.05) is 6.21 Å². The first kappa shape index (κ1) is 13.9. The van der Waals surface area contributed by atoms with Crippen LogP contribution in [0.25, 0.3) is 0 Å². The fourth-order valence-electron chi connectivity index (χ4n) is 1.45. The lowest BCUT2D eigenvalue weighted by Crippen LogP contribution is -1.89. The third-order valence-electron chi connectivity index (χ3n) is 2.15. The van der Waals surface area contributed by atoms with E-state index in [1.165, 1.54) is 11.1 Å². The van der Waals surface area contributed by atoms with Gasteiger partial charge in [0.05, 0.1) is 5.69 Å². The molecule has 84 valence electrons. The monoisotopic (exact) mass is 205 g/mol. The highest BCUT2D eigenvalue weighted by molar-refractivity contribution is 5.65. The van der Waals surface area contributed by atoms with Crippen molar-refractivity contribution in [1.29, 1.82) is 0 Å². The maximum absolute atomic E-state index is 4.40. The average Bonchev–Trinajstić information content (AvgIpc) is 2.24. The quantitative estimate of drug-likeness (QED) is 0.611. The summed E-state index contributed by atoms with van der Waals surface area (Å²) < 4.78 is 0. The Labute approximate surface area is 94.3 Å². The molecule has 0 spiro atoms. The van der Waals surface area contributed by atoms with Crippen LogP contribution in [0.5, 0.6) is 0 Å². The van der Waals surface area contributed by atoms with E-state index in [1.807, 2.05) is 27.0 Å². The largest absolute Gasteiger partial charge is 0.261 e. The molecule has 0 aliphatic rings. The zero-order valence-corrected chi connectivity index (χ0v) is 10.8. The molecule has 0 amide bonds. The summed E-state index contributed by atoms with van der Waals surface area (Å²) in [5, 5.41) is 0. The minimum atomic E-state index is 0.540. The van der Waals surface area contributed by atoms with E-state index in [2.05, 4.69) is 44.0 Å². The number of nitrogens with zero attached hydrogens (tertiary/aromatic N) is 1. The molecule has 0 bridgehead atoms. The Balaban J connectivity index is 0.000000921. The predicted octanol–water partition coefficient (Wildman–Crippen LogP) is 4.87. The molecule has 0 fully saturated rings. The molecule has 0 unspecified atom stereocenters. The highest BCUT2D eigenvalue weighted by Crippen LogP contribution is 2.29. The van der Waals surface area contributed by atoms with Crippen molar-refractivity contribution in [2.45, 2.75) is 47.5 Å². The first-order valence-corrected chi connectivity index (χ1v) is 5.75. The molecule has 1 aromatic rings. The van der Waals surface area contributed by atoms with Crippen molar-refractivity contribution in [2.24, 2.45) is 4.99 Å². The number of hydrogen-bond acceptors (Lipinski definition) is 1. The summed E-state index contributed by atoms with van der Waals surface area (Å²) in [6, 6.07) is 6.35. The molecular weight excluding hydrogens is 182 g/mol. The SMILES string of the molecule is CC.CC=Nc1c(C)cccc1C(C)C. The van der Waals surface area contributed by atoms with E-state index < -0.39 is 0 Å². The van der Waals surface area contributed by atoms with Crippen LogP contribution in [0.3, 0.4) is 0 Å². The second-order valence-electron chi connectivity index (χ2n) is 3.55. The van der Waals surface area contributed by atoms with Crippen molar-refractivity contribution in [3.8, 4) is 0 Å². The van der Waals surface area contributed by atoms with Crippen molar-refractivity contribution in [2.75, 3.05) is 0 Å². The highest BCUT2D eigenvalue weighted by atomic mass is 14.7. The summed E-state index contributed by atoms with van der Waals surface area (Å²) in [5.74, 6) is 0.540. The molecule has 0 atom stereocenters. The van der Waals surface area contributed by atoms with Crippen molar-refractivity contribution in [3.63, 3.8) is 0 Å². The first-order valence-electron chi connectivity index (χ1n) is 5.75. The van der Waals surface area contributed by atoms with Crippen LogP contribution in [0.2, 0.25) is 0 Å². The second-order valence-corrected chi connectivity index (χ2v) is 3.55. The molecular formula is C14H23N.